The van der Waals surface area contributed by atoms with Crippen LogP contribution in [0.4, 0.5) is 5.69 Å². The summed E-state index contributed by atoms with van der Waals surface area (Å²) in [4.78, 5) is 26.8. The maximum Gasteiger partial charge on any atom is 0.254 e. The minimum atomic E-state index is -0.936. The number of carbonyl (C=O) groups excluding carboxylic acids is 2. The van der Waals surface area contributed by atoms with E-state index in [1.54, 1.807) is 36.4 Å². The first-order valence-electron chi connectivity index (χ1n) is 12.9. The van der Waals surface area contributed by atoms with Gasteiger partial charge in [-0.05, 0) is 66.2 Å². The molecule has 0 saturated heterocycles. The number of carbonyl (C=O) groups is 2. The molecule has 0 radical (unpaired) electrons. The molecule has 7 heteroatoms. The number of amides is 2. The molecule has 0 saturated carbocycles. The number of benzene rings is 4. The highest BCUT2D eigenvalue weighted by Crippen LogP contribution is 2.23. The molecule has 1 heterocycles. The Labute approximate surface area is 233 Å². The molecule has 0 spiro atoms. The van der Waals surface area contributed by atoms with Gasteiger partial charge in [0.05, 0.1) is 24.5 Å². The molecule has 1 atom stereocenters. The first kappa shape index (κ1) is 26.5. The van der Waals surface area contributed by atoms with Crippen molar-refractivity contribution in [3.8, 4) is 17.2 Å². The minimum absolute atomic E-state index is 0.00659. The zero-order valence-electron chi connectivity index (χ0n) is 21.8. The van der Waals surface area contributed by atoms with Crippen LogP contribution in [-0.2, 0) is 16.1 Å². The van der Waals surface area contributed by atoms with Crippen molar-refractivity contribution in [3.63, 3.8) is 0 Å². The number of nitrogens with one attached hydrogen (secondary N) is 2. The van der Waals surface area contributed by atoms with E-state index in [4.69, 9.17) is 9.47 Å². The summed E-state index contributed by atoms with van der Waals surface area (Å²) in [5.41, 5.74) is 2.70. The maximum absolute atomic E-state index is 13.4. The van der Waals surface area contributed by atoms with Crippen LogP contribution in [0.5, 0.6) is 11.5 Å². The van der Waals surface area contributed by atoms with Crippen LogP contribution in [0, 0.1) is 0 Å². The molecule has 40 heavy (non-hydrogen) atoms. The lowest BCUT2D eigenvalue weighted by Crippen LogP contribution is -2.47. The highest BCUT2D eigenvalue weighted by Gasteiger charge is 2.23. The highest BCUT2D eigenvalue weighted by molar-refractivity contribution is 6.03. The summed E-state index contributed by atoms with van der Waals surface area (Å²) in [7, 11) is 0. The second-order valence-electron chi connectivity index (χ2n) is 9.06. The molecule has 0 aliphatic carbocycles. The predicted octanol–water partition coefficient (Wildman–Crippen LogP) is 6.22. The zero-order chi connectivity index (χ0) is 27.6. The predicted molar refractivity (Wildman–Crippen MR) is 155 cm³/mol. The molecule has 2 N–H and O–H groups in total. The Kier molecular flexibility index (Phi) is 8.66. The van der Waals surface area contributed by atoms with E-state index >= 15 is 0 Å². The molecule has 0 aliphatic rings. The monoisotopic (exact) mass is 531 g/mol. The Morgan fingerprint density at radius 1 is 0.700 bits per heavy atom. The zero-order valence-corrected chi connectivity index (χ0v) is 21.8. The van der Waals surface area contributed by atoms with Crippen molar-refractivity contribution in [2.45, 2.75) is 12.6 Å². The van der Waals surface area contributed by atoms with E-state index in [1.165, 1.54) is 0 Å². The number of para-hydroxylation sites is 2. The number of nitrogens with zero attached hydrogens (tertiary/aromatic N) is 1. The van der Waals surface area contributed by atoms with Gasteiger partial charge in [-0.3, -0.25) is 9.59 Å². The fourth-order valence-corrected chi connectivity index (χ4v) is 4.13. The highest BCUT2D eigenvalue weighted by atomic mass is 16.5. The number of ether oxygens (including phenoxy) is 2. The van der Waals surface area contributed by atoms with Gasteiger partial charge in [-0.2, -0.15) is 0 Å². The van der Waals surface area contributed by atoms with E-state index < -0.39 is 11.9 Å². The van der Waals surface area contributed by atoms with Gasteiger partial charge in [0.1, 0.15) is 17.5 Å². The van der Waals surface area contributed by atoms with E-state index in [2.05, 4.69) is 10.6 Å². The molecule has 5 aromatic rings. The van der Waals surface area contributed by atoms with Crippen LogP contribution in [0.1, 0.15) is 15.9 Å². The summed E-state index contributed by atoms with van der Waals surface area (Å²) in [6.45, 7) is 0.305. The van der Waals surface area contributed by atoms with E-state index in [9.17, 15) is 9.59 Å². The summed E-state index contributed by atoms with van der Waals surface area (Å²) >= 11 is 0. The topological polar surface area (TPSA) is 81.6 Å². The fourth-order valence-electron chi connectivity index (χ4n) is 4.13. The van der Waals surface area contributed by atoms with Crippen LogP contribution < -0.4 is 15.4 Å². The number of rotatable bonds is 11. The molecule has 0 aliphatic heterocycles. The van der Waals surface area contributed by atoms with Gasteiger partial charge in [0.25, 0.3) is 5.91 Å². The fraction of sp³-hybridized carbons (Fsp3) is 0.0909. The summed E-state index contributed by atoms with van der Waals surface area (Å²) in [6, 6.07) is 36.3. The lowest BCUT2D eigenvalue weighted by Gasteiger charge is -2.20. The third-order valence-corrected chi connectivity index (χ3v) is 6.15. The van der Waals surface area contributed by atoms with E-state index in [0.29, 0.717) is 29.3 Å². The van der Waals surface area contributed by atoms with E-state index in [1.807, 2.05) is 102 Å². The van der Waals surface area contributed by atoms with Crippen molar-refractivity contribution < 1.29 is 19.1 Å². The first-order chi connectivity index (χ1) is 19.7. The molecular formula is C33H29N3O4. The summed E-state index contributed by atoms with van der Waals surface area (Å²) < 4.78 is 13.6. The Morgan fingerprint density at radius 3 is 2.05 bits per heavy atom. The minimum Gasteiger partial charge on any atom is -0.457 e. The van der Waals surface area contributed by atoms with Crippen LogP contribution in [0.2, 0.25) is 0 Å². The maximum atomic E-state index is 13.4. The molecule has 0 fully saturated rings. The molecule has 4 aromatic carbocycles. The average molecular weight is 532 g/mol. The van der Waals surface area contributed by atoms with Crippen LogP contribution in [0.25, 0.3) is 5.69 Å². The number of anilines is 1. The van der Waals surface area contributed by atoms with Gasteiger partial charge in [0.2, 0.25) is 5.91 Å². The standard InChI is InChI=1S/C33H29N3O4/c37-32(29-15-7-8-16-31(29)36-21-9-10-22-36)35-30(24-39-23-25-11-3-1-4-12-25)33(38)34-26-17-19-28(20-18-26)40-27-13-5-2-6-14-27/h1-22,30H,23-24H2,(H,34,38)(H,35,37). The first-order valence-corrected chi connectivity index (χ1v) is 12.9. The second kappa shape index (κ2) is 13.1. The van der Waals surface area contributed by atoms with Crippen molar-refractivity contribution in [1.82, 2.24) is 9.88 Å². The van der Waals surface area contributed by atoms with Crippen LogP contribution in [0.15, 0.2) is 134 Å². The van der Waals surface area contributed by atoms with E-state index in [0.717, 1.165) is 11.3 Å². The molecule has 7 nitrogen and oxygen atoms in total. The van der Waals surface area contributed by atoms with Gasteiger partial charge >= 0.3 is 0 Å². The number of hydrogen-bond donors (Lipinski definition) is 2. The molecule has 5 rings (SSSR count). The van der Waals surface area contributed by atoms with Gasteiger partial charge in [-0.1, -0.05) is 60.7 Å². The van der Waals surface area contributed by atoms with Crippen molar-refractivity contribution in [2.24, 2.45) is 0 Å². The Balaban J connectivity index is 1.29. The summed E-state index contributed by atoms with van der Waals surface area (Å²) in [6.07, 6.45) is 3.73. The Bertz CT molecular complexity index is 1520. The lowest BCUT2D eigenvalue weighted by molar-refractivity contribution is -0.119. The van der Waals surface area contributed by atoms with Crippen molar-refractivity contribution in [2.75, 3.05) is 11.9 Å². The normalized spacial score (nSPS) is 11.4. The molecular weight excluding hydrogens is 502 g/mol. The van der Waals surface area contributed by atoms with Gasteiger partial charge in [-0.15, -0.1) is 0 Å². The summed E-state index contributed by atoms with van der Waals surface area (Å²) in [5.74, 6) is 0.593. The van der Waals surface area contributed by atoms with E-state index in [-0.39, 0.29) is 12.5 Å². The largest absolute Gasteiger partial charge is 0.457 e. The van der Waals surface area contributed by atoms with Crippen molar-refractivity contribution >= 4 is 17.5 Å². The van der Waals surface area contributed by atoms with Gasteiger partial charge in [-0.25, -0.2) is 0 Å². The molecule has 0 bridgehead atoms. The van der Waals surface area contributed by atoms with Gasteiger partial charge < -0.3 is 24.7 Å². The molecule has 1 aromatic heterocycles. The van der Waals surface area contributed by atoms with Crippen molar-refractivity contribution in [1.29, 1.82) is 0 Å². The van der Waals surface area contributed by atoms with Gasteiger partial charge in [0, 0.05) is 18.1 Å². The van der Waals surface area contributed by atoms with Crippen LogP contribution in [0.3, 0.4) is 0 Å². The average Bonchev–Trinajstić information content (AvgIpc) is 3.54. The Morgan fingerprint density at radius 2 is 1.32 bits per heavy atom. The van der Waals surface area contributed by atoms with Crippen LogP contribution in [-0.4, -0.2) is 29.0 Å². The SMILES string of the molecule is O=C(NC(COCc1ccccc1)C(=O)Nc1ccc(Oc2ccccc2)cc1)c1ccccc1-n1cccc1. The smallest absolute Gasteiger partial charge is 0.254 e. The lowest BCUT2D eigenvalue weighted by atomic mass is 10.1. The Hall–Kier alpha value is -5.14. The van der Waals surface area contributed by atoms with Crippen molar-refractivity contribution in [3.05, 3.63) is 145 Å². The summed E-state index contributed by atoms with van der Waals surface area (Å²) in [5, 5.41) is 5.76. The third kappa shape index (κ3) is 7.03. The molecule has 200 valence electrons. The number of hydrogen-bond acceptors (Lipinski definition) is 4. The van der Waals surface area contributed by atoms with Gasteiger partial charge in [0.15, 0.2) is 0 Å². The van der Waals surface area contributed by atoms with Crippen LogP contribution >= 0.6 is 0 Å². The number of aromatic nitrogens is 1. The quantitative estimate of drug-likeness (QED) is 0.212. The second-order valence-corrected chi connectivity index (χ2v) is 9.06. The molecule has 1 unspecified atom stereocenters. The molecule has 2 amide bonds. The third-order valence-electron chi connectivity index (χ3n) is 6.15.